The van der Waals surface area contributed by atoms with Crippen molar-refractivity contribution < 1.29 is 23.9 Å². The van der Waals surface area contributed by atoms with E-state index in [0.717, 1.165) is 18.8 Å². The number of aromatic nitrogens is 1. The SMILES string of the molecule is COc1cc(C(=O)Nc2nc(CN3CCCC(C)C3)cs2)c([N+](=O)[O-])c(OC)c1OC. The average Bonchev–Trinajstić information content (AvgIpc) is 3.18. The van der Waals surface area contributed by atoms with Crippen LogP contribution in [0.3, 0.4) is 0 Å². The number of thiazole rings is 1. The highest BCUT2D eigenvalue weighted by atomic mass is 32.1. The predicted octanol–water partition coefficient (Wildman–Crippen LogP) is 3.56. The van der Waals surface area contributed by atoms with Crippen molar-refractivity contribution in [1.82, 2.24) is 9.88 Å². The third-order valence-electron chi connectivity index (χ3n) is 5.13. The summed E-state index contributed by atoms with van der Waals surface area (Å²) in [6.07, 6.45) is 2.40. The minimum absolute atomic E-state index is 0.0422. The normalized spacial score (nSPS) is 16.6. The predicted molar refractivity (Wildman–Crippen MR) is 116 cm³/mol. The molecule has 1 aromatic heterocycles. The van der Waals surface area contributed by atoms with Gasteiger partial charge in [0.15, 0.2) is 10.9 Å². The Hall–Kier alpha value is -2.92. The van der Waals surface area contributed by atoms with Crippen molar-refractivity contribution in [3.63, 3.8) is 0 Å². The van der Waals surface area contributed by atoms with Crippen LogP contribution in [0.1, 0.15) is 35.8 Å². The Kier molecular flexibility index (Phi) is 7.29. The number of ether oxygens (including phenoxy) is 3. The molecular formula is C20H26N4O6S. The molecule has 0 radical (unpaired) electrons. The van der Waals surface area contributed by atoms with E-state index in [2.05, 4.69) is 22.1 Å². The van der Waals surface area contributed by atoms with Crippen molar-refractivity contribution in [1.29, 1.82) is 0 Å². The van der Waals surface area contributed by atoms with Crippen LogP contribution >= 0.6 is 11.3 Å². The number of nitro groups is 1. The second kappa shape index (κ2) is 9.92. The third-order valence-corrected chi connectivity index (χ3v) is 5.94. The lowest BCUT2D eigenvalue weighted by atomic mass is 10.0. The number of hydrogen-bond donors (Lipinski definition) is 1. The van der Waals surface area contributed by atoms with E-state index >= 15 is 0 Å². The molecule has 0 spiro atoms. The summed E-state index contributed by atoms with van der Waals surface area (Å²) in [5.41, 5.74) is 0.145. The molecule has 2 heterocycles. The molecule has 1 fully saturated rings. The van der Waals surface area contributed by atoms with Crippen LogP contribution < -0.4 is 19.5 Å². The number of methoxy groups -OCH3 is 3. The number of hydrogen-bond acceptors (Lipinski definition) is 9. The van der Waals surface area contributed by atoms with E-state index in [-0.39, 0.29) is 22.8 Å². The molecule has 1 aliphatic rings. The van der Waals surface area contributed by atoms with Gasteiger partial charge in [0.1, 0.15) is 5.56 Å². The summed E-state index contributed by atoms with van der Waals surface area (Å²) in [7, 11) is 3.98. The zero-order valence-corrected chi connectivity index (χ0v) is 18.8. The molecule has 1 unspecified atom stereocenters. The lowest BCUT2D eigenvalue weighted by molar-refractivity contribution is -0.386. The first-order chi connectivity index (χ1) is 14.9. The molecule has 0 bridgehead atoms. The van der Waals surface area contributed by atoms with Gasteiger partial charge in [-0.25, -0.2) is 4.98 Å². The molecule has 0 saturated carbocycles. The van der Waals surface area contributed by atoms with Crippen LogP contribution in [0.5, 0.6) is 17.2 Å². The van der Waals surface area contributed by atoms with Gasteiger partial charge in [0.2, 0.25) is 11.5 Å². The minimum atomic E-state index is -0.682. The molecule has 1 saturated heterocycles. The van der Waals surface area contributed by atoms with Crippen molar-refractivity contribution in [3.05, 3.63) is 32.8 Å². The second-order valence-corrected chi connectivity index (χ2v) is 8.24. The highest BCUT2D eigenvalue weighted by Gasteiger charge is 2.32. The smallest absolute Gasteiger partial charge is 0.327 e. The van der Waals surface area contributed by atoms with Crippen LogP contribution in [-0.4, -0.2) is 55.1 Å². The van der Waals surface area contributed by atoms with Gasteiger partial charge < -0.3 is 14.2 Å². The molecule has 0 aliphatic carbocycles. The summed E-state index contributed by atoms with van der Waals surface area (Å²) >= 11 is 1.28. The van der Waals surface area contributed by atoms with Crippen molar-refractivity contribution in [2.24, 2.45) is 5.92 Å². The van der Waals surface area contributed by atoms with E-state index < -0.39 is 16.5 Å². The molecule has 168 valence electrons. The first-order valence-electron chi connectivity index (χ1n) is 9.83. The van der Waals surface area contributed by atoms with Crippen LogP contribution in [0.25, 0.3) is 0 Å². The maximum Gasteiger partial charge on any atom is 0.327 e. The van der Waals surface area contributed by atoms with E-state index in [4.69, 9.17) is 14.2 Å². The van der Waals surface area contributed by atoms with E-state index in [1.165, 1.54) is 51.6 Å². The Labute approximate surface area is 184 Å². The summed E-state index contributed by atoms with van der Waals surface area (Å²) in [6.45, 7) is 5.00. The van der Waals surface area contributed by atoms with Gasteiger partial charge in [-0.1, -0.05) is 6.92 Å². The number of rotatable bonds is 8. The Morgan fingerprint density at radius 2 is 2.06 bits per heavy atom. The number of amides is 1. The summed E-state index contributed by atoms with van der Waals surface area (Å²) in [5.74, 6) is -0.0173. The zero-order valence-electron chi connectivity index (χ0n) is 18.0. The first-order valence-corrected chi connectivity index (χ1v) is 10.7. The van der Waals surface area contributed by atoms with E-state index in [9.17, 15) is 14.9 Å². The van der Waals surface area contributed by atoms with E-state index in [1.807, 2.05) is 5.38 Å². The van der Waals surface area contributed by atoms with Crippen LogP contribution in [-0.2, 0) is 6.54 Å². The maximum atomic E-state index is 12.9. The Balaban J connectivity index is 1.83. The standard InChI is InChI=1S/C20H26N4O6S/c1-12-6-5-7-23(9-12)10-13-11-31-20(21-13)22-19(25)14-8-15(28-2)17(29-3)18(30-4)16(14)24(26)27/h8,11-12H,5-7,9-10H2,1-4H3,(H,21,22,25). The molecule has 31 heavy (non-hydrogen) atoms. The second-order valence-electron chi connectivity index (χ2n) is 7.38. The largest absolute Gasteiger partial charge is 0.493 e. The van der Waals surface area contributed by atoms with E-state index in [1.54, 1.807) is 0 Å². The van der Waals surface area contributed by atoms with Crippen molar-refractivity contribution in [2.45, 2.75) is 26.3 Å². The maximum absolute atomic E-state index is 12.9. The average molecular weight is 451 g/mol. The Bertz CT molecular complexity index is 963. The lowest BCUT2D eigenvalue weighted by Crippen LogP contribution is -2.33. The van der Waals surface area contributed by atoms with Crippen LogP contribution in [0, 0.1) is 16.0 Å². The zero-order chi connectivity index (χ0) is 22.5. The van der Waals surface area contributed by atoms with Gasteiger partial charge in [0.25, 0.3) is 5.91 Å². The number of likely N-dealkylation sites (tertiary alicyclic amines) is 1. The molecule has 1 aromatic carbocycles. The highest BCUT2D eigenvalue weighted by Crippen LogP contribution is 2.46. The molecule has 3 rings (SSSR count). The number of nitrogens with one attached hydrogen (secondary N) is 1. The fourth-order valence-corrected chi connectivity index (χ4v) is 4.45. The minimum Gasteiger partial charge on any atom is -0.493 e. The Morgan fingerprint density at radius 3 is 2.68 bits per heavy atom. The van der Waals surface area contributed by atoms with Crippen LogP contribution in [0.15, 0.2) is 11.4 Å². The molecule has 2 aromatic rings. The topological polar surface area (TPSA) is 116 Å². The van der Waals surface area contributed by atoms with Gasteiger partial charge >= 0.3 is 5.69 Å². The lowest BCUT2D eigenvalue weighted by Gasteiger charge is -2.30. The van der Waals surface area contributed by atoms with Gasteiger partial charge in [-0.05, 0) is 25.3 Å². The summed E-state index contributed by atoms with van der Waals surface area (Å²) in [4.78, 5) is 30.8. The highest BCUT2D eigenvalue weighted by molar-refractivity contribution is 7.14. The fourth-order valence-electron chi connectivity index (χ4n) is 3.76. The molecule has 1 aliphatic heterocycles. The van der Waals surface area contributed by atoms with Crippen LogP contribution in [0.4, 0.5) is 10.8 Å². The number of piperidine rings is 1. The number of anilines is 1. The summed E-state index contributed by atoms with van der Waals surface area (Å²) in [5, 5.41) is 16.6. The molecule has 1 N–H and O–H groups in total. The molecular weight excluding hydrogens is 424 g/mol. The van der Waals surface area contributed by atoms with Crippen LogP contribution in [0.2, 0.25) is 0 Å². The van der Waals surface area contributed by atoms with Gasteiger partial charge in [-0.3, -0.25) is 25.1 Å². The number of benzene rings is 1. The van der Waals surface area contributed by atoms with Gasteiger partial charge in [-0.15, -0.1) is 11.3 Å². The molecule has 1 atom stereocenters. The molecule has 10 nitrogen and oxygen atoms in total. The van der Waals surface area contributed by atoms with Gasteiger partial charge in [0.05, 0.1) is 31.9 Å². The first kappa shape index (κ1) is 22.8. The molecule has 11 heteroatoms. The third kappa shape index (κ3) is 5.05. The monoisotopic (exact) mass is 450 g/mol. The number of nitrogens with zero attached hydrogens (tertiary/aromatic N) is 3. The number of carbonyl (C=O) groups is 1. The van der Waals surface area contributed by atoms with Crippen molar-refractivity contribution in [2.75, 3.05) is 39.7 Å². The fraction of sp³-hybridized carbons (Fsp3) is 0.500. The Morgan fingerprint density at radius 1 is 1.32 bits per heavy atom. The number of nitro benzene ring substituents is 1. The van der Waals surface area contributed by atoms with Crippen molar-refractivity contribution >= 4 is 28.1 Å². The van der Waals surface area contributed by atoms with Crippen molar-refractivity contribution in [3.8, 4) is 17.2 Å². The summed E-state index contributed by atoms with van der Waals surface area (Å²) in [6, 6.07) is 1.26. The number of carbonyl (C=O) groups excluding carboxylic acids is 1. The molecule has 1 amide bonds. The summed E-state index contributed by atoms with van der Waals surface area (Å²) < 4.78 is 15.6. The van der Waals surface area contributed by atoms with Gasteiger partial charge in [-0.2, -0.15) is 0 Å². The van der Waals surface area contributed by atoms with E-state index in [0.29, 0.717) is 17.6 Å². The van der Waals surface area contributed by atoms with Gasteiger partial charge in [0, 0.05) is 24.5 Å². The quantitative estimate of drug-likeness (QED) is 0.479.